The van der Waals surface area contributed by atoms with Gasteiger partial charge in [-0.05, 0) is 84.7 Å². The molecule has 1 aromatic heterocycles. The maximum Gasteiger partial charge on any atom is 0.453 e. The molecule has 4 nitrogen and oxygen atoms in total. The van der Waals surface area contributed by atoms with Crippen LogP contribution in [0.3, 0.4) is 0 Å². The van der Waals surface area contributed by atoms with Crippen LogP contribution < -0.4 is 9.05 Å². The number of rotatable bonds is 4. The number of fused-ring (bicyclic) bond motifs is 5. The minimum Gasteiger partial charge on any atom is -0.480 e. The molecule has 0 amide bonds. The molecule has 4 aromatic rings. The van der Waals surface area contributed by atoms with Gasteiger partial charge in [0.05, 0.1) is 9.47 Å². The molecule has 7 rings (SSSR count). The zero-order valence-electron chi connectivity index (χ0n) is 21.0. The van der Waals surface area contributed by atoms with E-state index in [-0.39, 0.29) is 0 Å². The van der Waals surface area contributed by atoms with Gasteiger partial charge in [0.25, 0.3) is 0 Å². The zero-order valence-corrected chi connectivity index (χ0v) is 23.0. The van der Waals surface area contributed by atoms with Gasteiger partial charge in [-0.25, -0.2) is 0 Å². The zero-order chi connectivity index (χ0) is 25.5. The fourth-order valence-electron chi connectivity index (χ4n) is 5.78. The van der Waals surface area contributed by atoms with Crippen LogP contribution >= 0.6 is 17.7 Å². The van der Waals surface area contributed by atoms with Gasteiger partial charge in [-0.15, -0.1) is 0 Å². The third-order valence-corrected chi connectivity index (χ3v) is 8.86. The summed E-state index contributed by atoms with van der Waals surface area (Å²) in [4.78, 5) is 0. The average Bonchev–Trinajstić information content (AvgIpc) is 3.13. The predicted molar refractivity (Wildman–Crippen MR) is 159 cm³/mol. The first-order chi connectivity index (χ1) is 18.8. The fraction of sp³-hybridized carbons (Fsp3) is 0.188. The van der Waals surface area contributed by atoms with Gasteiger partial charge < -0.3 is 17.4 Å². The van der Waals surface area contributed by atoms with Crippen LogP contribution in [-0.4, -0.2) is 0 Å². The molecule has 1 atom stereocenters. The quantitative estimate of drug-likeness (QED) is 0.243. The molecule has 0 radical (unpaired) electrons. The fourth-order valence-corrected chi connectivity index (χ4v) is 7.07. The van der Waals surface area contributed by atoms with Crippen LogP contribution in [0, 0.1) is 0 Å². The van der Waals surface area contributed by atoms with Crippen LogP contribution in [0.2, 0.25) is 0 Å². The summed E-state index contributed by atoms with van der Waals surface area (Å²) in [7, 11) is 0.685. The molecule has 190 valence electrons. The Labute approximate surface area is 225 Å². The van der Waals surface area contributed by atoms with Crippen molar-refractivity contribution >= 4 is 46.7 Å². The molecular weight excluding hydrogens is 510 g/mol. The standard InChI is InChI=1S/C32H28O4P2/c37-33-29-19-17-21-9-1-3-11-23(21)31(29)32-24-12-4-2-10-22(24)18-20-30(32)36-38-34-27-15-7-5-13-25(27)26-14-6-8-16-28(26)35-38/h1,3-4,7-9,11-12,15-20H,2,5-6,10,13-14,37H2. The van der Waals surface area contributed by atoms with Crippen molar-refractivity contribution in [3.05, 3.63) is 101 Å². The second-order valence-electron chi connectivity index (χ2n) is 9.80. The highest BCUT2D eigenvalue weighted by molar-refractivity contribution is 7.31. The molecule has 3 aliphatic carbocycles. The monoisotopic (exact) mass is 538 g/mol. The van der Waals surface area contributed by atoms with Crippen molar-refractivity contribution in [3.8, 4) is 22.6 Å². The summed E-state index contributed by atoms with van der Waals surface area (Å²) in [6, 6.07) is 16.8. The summed E-state index contributed by atoms with van der Waals surface area (Å²) >= 11 is 0. The molecule has 0 spiro atoms. The lowest BCUT2D eigenvalue weighted by Gasteiger charge is -2.21. The minimum atomic E-state index is -1.73. The molecule has 0 fully saturated rings. The number of hydrogen-bond donors (Lipinski definition) is 0. The van der Waals surface area contributed by atoms with Gasteiger partial charge in [-0.3, -0.25) is 0 Å². The van der Waals surface area contributed by atoms with Gasteiger partial charge in [-0.2, -0.15) is 0 Å². The molecule has 0 aliphatic heterocycles. The molecule has 0 bridgehead atoms. The summed E-state index contributed by atoms with van der Waals surface area (Å²) in [6.07, 6.45) is 18.9. The van der Waals surface area contributed by atoms with Gasteiger partial charge in [0.15, 0.2) is 0 Å². The largest absolute Gasteiger partial charge is 0.480 e. The van der Waals surface area contributed by atoms with Crippen LogP contribution in [0.4, 0.5) is 0 Å². The van der Waals surface area contributed by atoms with Crippen molar-refractivity contribution in [1.29, 1.82) is 0 Å². The van der Waals surface area contributed by atoms with Gasteiger partial charge >= 0.3 is 8.24 Å². The molecule has 1 heterocycles. The van der Waals surface area contributed by atoms with Crippen LogP contribution in [0.25, 0.3) is 40.1 Å². The lowest BCUT2D eigenvalue weighted by molar-refractivity contribution is 0.466. The number of hydrogen-bond acceptors (Lipinski definition) is 4. The average molecular weight is 539 g/mol. The summed E-state index contributed by atoms with van der Waals surface area (Å²) < 4.78 is 25.5. The third-order valence-electron chi connectivity index (χ3n) is 7.57. The maximum atomic E-state index is 6.72. The Morgan fingerprint density at radius 2 is 1.37 bits per heavy atom. The second kappa shape index (κ2) is 10.0. The first-order valence-corrected chi connectivity index (χ1v) is 14.7. The van der Waals surface area contributed by atoms with Crippen molar-refractivity contribution in [2.45, 2.75) is 38.5 Å². The van der Waals surface area contributed by atoms with Crippen LogP contribution in [0.1, 0.15) is 53.0 Å². The van der Waals surface area contributed by atoms with E-state index in [4.69, 9.17) is 17.4 Å². The molecule has 1 unspecified atom stereocenters. The Morgan fingerprint density at radius 1 is 0.684 bits per heavy atom. The van der Waals surface area contributed by atoms with Crippen molar-refractivity contribution in [1.82, 2.24) is 0 Å². The lowest BCUT2D eigenvalue weighted by atomic mass is 9.87. The van der Waals surface area contributed by atoms with E-state index < -0.39 is 8.24 Å². The summed E-state index contributed by atoms with van der Waals surface area (Å²) in [5, 5.41) is 2.26. The Bertz CT molecular complexity index is 1650. The molecule has 3 aliphatic rings. The van der Waals surface area contributed by atoms with E-state index in [2.05, 4.69) is 88.4 Å². The Balaban J connectivity index is 1.48. The molecule has 0 saturated heterocycles. The number of benzene rings is 3. The van der Waals surface area contributed by atoms with Crippen molar-refractivity contribution < 1.29 is 17.4 Å². The highest BCUT2D eigenvalue weighted by Crippen LogP contribution is 2.49. The van der Waals surface area contributed by atoms with E-state index in [1.54, 1.807) is 0 Å². The van der Waals surface area contributed by atoms with E-state index in [0.717, 1.165) is 89.0 Å². The van der Waals surface area contributed by atoms with E-state index >= 15 is 0 Å². The highest BCUT2D eigenvalue weighted by atomic mass is 31.1. The Hall–Kier alpha value is -3.45. The normalized spacial score (nSPS) is 15.1. The van der Waals surface area contributed by atoms with Crippen LogP contribution in [0.15, 0.2) is 75.2 Å². The number of allylic oxidation sites excluding steroid dienone is 3. The molecule has 0 saturated carbocycles. The SMILES string of the molecule is POc1ccc2ccccc2c1-c1c(Op2oc3c(c4c(o2)C=CCC4)CCC=C3)ccc2c1C=CCC2. The van der Waals surface area contributed by atoms with Gasteiger partial charge in [0, 0.05) is 22.3 Å². The topological polar surface area (TPSA) is 44.7 Å². The highest BCUT2D eigenvalue weighted by Gasteiger charge is 2.24. The van der Waals surface area contributed by atoms with Gasteiger partial charge in [-0.1, -0.05) is 60.7 Å². The lowest BCUT2D eigenvalue weighted by Crippen LogP contribution is -2.01. The smallest absolute Gasteiger partial charge is 0.453 e. The molecule has 0 N–H and O–H groups in total. The predicted octanol–water partition coefficient (Wildman–Crippen LogP) is 9.69. The van der Waals surface area contributed by atoms with E-state index in [9.17, 15) is 0 Å². The summed E-state index contributed by atoms with van der Waals surface area (Å²) in [5.41, 5.74) is 6.98. The molecular formula is C32H28O4P2. The van der Waals surface area contributed by atoms with Crippen molar-refractivity contribution in [2.24, 2.45) is 0 Å². The summed E-state index contributed by atoms with van der Waals surface area (Å²) in [5.74, 6) is 3.26. The first kappa shape index (κ1) is 23.7. The molecule has 6 heteroatoms. The van der Waals surface area contributed by atoms with Gasteiger partial charge in [0.1, 0.15) is 23.0 Å². The third kappa shape index (κ3) is 4.13. The second-order valence-corrected chi connectivity index (χ2v) is 11.0. The summed E-state index contributed by atoms with van der Waals surface area (Å²) in [6.45, 7) is 0. The van der Waals surface area contributed by atoms with Crippen LogP contribution in [0.5, 0.6) is 11.5 Å². The van der Waals surface area contributed by atoms with E-state index in [0.29, 0.717) is 0 Å². The van der Waals surface area contributed by atoms with Gasteiger partial charge in [0.2, 0.25) is 0 Å². The molecule has 38 heavy (non-hydrogen) atoms. The van der Waals surface area contributed by atoms with Crippen LogP contribution in [-0.2, 0) is 19.3 Å². The van der Waals surface area contributed by atoms with E-state index in [1.165, 1.54) is 16.7 Å². The Morgan fingerprint density at radius 3 is 2.13 bits per heavy atom. The maximum absolute atomic E-state index is 6.72. The Kier molecular flexibility index (Phi) is 6.24. The number of aryl methyl sites for hydroxylation is 1. The van der Waals surface area contributed by atoms with E-state index in [1.807, 2.05) is 6.07 Å². The minimum absolute atomic E-state index is 0.729. The molecule has 3 aromatic carbocycles. The van der Waals surface area contributed by atoms with Crippen molar-refractivity contribution in [3.63, 3.8) is 0 Å². The van der Waals surface area contributed by atoms with Crippen molar-refractivity contribution in [2.75, 3.05) is 0 Å². The first-order valence-electron chi connectivity index (χ1n) is 13.2.